The third-order valence-corrected chi connectivity index (χ3v) is 10.6. The molecule has 0 aliphatic rings. The fraction of sp³-hybridized carbons (Fsp3) is 0.854. The Labute approximate surface area is 331 Å². The number of aryl methyl sites for hydroxylation is 1. The molecule has 1 aromatic rings. The largest absolute Gasteiger partial charge is 1.00 e. The van der Waals surface area contributed by atoms with Gasteiger partial charge in [-0.25, -0.2) is 8.42 Å². The molecule has 0 fully saturated rings. The molecular formula is C41H75KO3S. The van der Waals surface area contributed by atoms with E-state index in [0.717, 1.165) is 18.4 Å². The predicted molar refractivity (Wildman–Crippen MR) is 196 cm³/mol. The molecule has 0 saturated carbocycles. The van der Waals surface area contributed by atoms with Crippen LogP contribution in [0.4, 0.5) is 0 Å². The zero-order valence-corrected chi connectivity index (χ0v) is 34.9. The Kier molecular flexibility index (Phi) is 36.2. The SMILES string of the molecule is CCCCCCCCCCCCCCCCCCCCCCCCCCCCCCCCCCCc1cccc(S(=O)(=O)[O-])c1.[K+]. The van der Waals surface area contributed by atoms with Crippen molar-refractivity contribution in [1.29, 1.82) is 0 Å². The van der Waals surface area contributed by atoms with Gasteiger partial charge in [-0.1, -0.05) is 225 Å². The zero-order valence-electron chi connectivity index (χ0n) is 31.0. The van der Waals surface area contributed by atoms with Crippen LogP contribution in [0, 0.1) is 0 Å². The van der Waals surface area contributed by atoms with Gasteiger partial charge in [-0.15, -0.1) is 0 Å². The molecule has 0 unspecified atom stereocenters. The van der Waals surface area contributed by atoms with Crippen LogP contribution < -0.4 is 51.4 Å². The summed E-state index contributed by atoms with van der Waals surface area (Å²) in [6.07, 6.45) is 47.5. The van der Waals surface area contributed by atoms with Crippen LogP contribution in [0.1, 0.15) is 224 Å². The third kappa shape index (κ3) is 32.0. The standard InChI is InChI=1S/C41H76O3S.K/c1-2-3-4-5-6-7-8-9-10-11-12-13-14-15-16-17-18-19-20-21-22-23-24-25-26-27-28-29-30-31-32-33-34-36-40-37-35-38-41(39-40)45(42,43)44;/h35,37-39H,2-34,36H2,1H3,(H,42,43,44);/q;+1/p-1. The summed E-state index contributed by atoms with van der Waals surface area (Å²) in [6, 6.07) is 6.50. The fourth-order valence-corrected chi connectivity index (χ4v) is 7.28. The molecule has 3 nitrogen and oxygen atoms in total. The Morgan fingerprint density at radius 3 is 0.957 bits per heavy atom. The van der Waals surface area contributed by atoms with Gasteiger partial charge in [-0.05, 0) is 30.5 Å². The fourth-order valence-electron chi connectivity index (χ4n) is 6.74. The number of benzene rings is 1. The summed E-state index contributed by atoms with van der Waals surface area (Å²) in [7, 11) is -4.35. The summed E-state index contributed by atoms with van der Waals surface area (Å²) in [4.78, 5) is -0.106. The van der Waals surface area contributed by atoms with Crippen LogP contribution in [0.15, 0.2) is 29.2 Å². The molecule has 264 valence electrons. The van der Waals surface area contributed by atoms with E-state index in [0.29, 0.717) is 0 Å². The number of hydrogen-bond acceptors (Lipinski definition) is 3. The van der Waals surface area contributed by atoms with Gasteiger partial charge < -0.3 is 4.55 Å². The molecule has 1 aromatic carbocycles. The second kappa shape index (κ2) is 35.6. The first-order valence-electron chi connectivity index (χ1n) is 20.1. The van der Waals surface area contributed by atoms with Crippen molar-refractivity contribution in [3.8, 4) is 0 Å². The summed E-state index contributed by atoms with van der Waals surface area (Å²) in [5.41, 5.74) is 0.952. The van der Waals surface area contributed by atoms with Crippen LogP contribution >= 0.6 is 0 Å². The molecule has 0 aliphatic heterocycles. The topological polar surface area (TPSA) is 57.2 Å². The van der Waals surface area contributed by atoms with Gasteiger partial charge in [0.2, 0.25) is 0 Å². The zero-order chi connectivity index (χ0) is 32.5. The average molecular weight is 687 g/mol. The maximum absolute atomic E-state index is 11.2. The van der Waals surface area contributed by atoms with Crippen molar-refractivity contribution in [2.45, 2.75) is 230 Å². The monoisotopic (exact) mass is 687 g/mol. The quantitative estimate of drug-likeness (QED) is 0.0406. The van der Waals surface area contributed by atoms with E-state index < -0.39 is 10.1 Å². The average Bonchev–Trinajstić information content (AvgIpc) is 3.03. The second-order valence-corrected chi connectivity index (χ2v) is 15.5. The van der Waals surface area contributed by atoms with Crippen LogP contribution in [0.3, 0.4) is 0 Å². The Balaban J connectivity index is 0.0000202. The smallest absolute Gasteiger partial charge is 0.744 e. The molecular weight excluding hydrogens is 612 g/mol. The van der Waals surface area contributed by atoms with Crippen LogP contribution in [0.25, 0.3) is 0 Å². The molecule has 0 spiro atoms. The van der Waals surface area contributed by atoms with Crippen LogP contribution in [0.2, 0.25) is 0 Å². The first kappa shape index (κ1) is 46.8. The molecule has 0 saturated heterocycles. The van der Waals surface area contributed by atoms with Crippen molar-refractivity contribution in [3.05, 3.63) is 29.8 Å². The summed E-state index contributed by atoms with van der Waals surface area (Å²) in [6.45, 7) is 2.30. The van der Waals surface area contributed by atoms with Gasteiger partial charge in [-0.2, -0.15) is 0 Å². The van der Waals surface area contributed by atoms with Gasteiger partial charge in [0.25, 0.3) is 0 Å². The van der Waals surface area contributed by atoms with Gasteiger partial charge in [0, 0.05) is 0 Å². The Hall–Kier alpha value is 0.766. The van der Waals surface area contributed by atoms with E-state index in [9.17, 15) is 13.0 Å². The minimum absolute atomic E-state index is 0. The normalized spacial score (nSPS) is 11.6. The minimum Gasteiger partial charge on any atom is -0.744 e. The van der Waals surface area contributed by atoms with Crippen molar-refractivity contribution < 1.29 is 64.4 Å². The first-order chi connectivity index (χ1) is 22.0. The van der Waals surface area contributed by atoms with Crippen LogP contribution in [-0.2, 0) is 16.5 Å². The Morgan fingerprint density at radius 1 is 0.435 bits per heavy atom. The molecule has 0 radical (unpaired) electrons. The van der Waals surface area contributed by atoms with Crippen LogP contribution in [0.5, 0.6) is 0 Å². The molecule has 0 amide bonds. The molecule has 0 bridgehead atoms. The van der Waals surface area contributed by atoms with E-state index in [2.05, 4.69) is 6.92 Å². The molecule has 0 N–H and O–H groups in total. The van der Waals surface area contributed by atoms with E-state index in [1.807, 2.05) is 6.07 Å². The van der Waals surface area contributed by atoms with Crippen molar-refractivity contribution in [3.63, 3.8) is 0 Å². The van der Waals surface area contributed by atoms with E-state index >= 15 is 0 Å². The van der Waals surface area contributed by atoms with E-state index in [-0.39, 0.29) is 56.3 Å². The molecule has 46 heavy (non-hydrogen) atoms. The predicted octanol–water partition coefficient (Wildman–Crippen LogP) is 11.0. The number of rotatable bonds is 35. The van der Waals surface area contributed by atoms with Gasteiger partial charge in [0.05, 0.1) is 4.90 Å². The summed E-state index contributed by atoms with van der Waals surface area (Å²) in [5, 5.41) is 0. The molecule has 0 atom stereocenters. The van der Waals surface area contributed by atoms with E-state index in [1.54, 1.807) is 6.07 Å². The van der Waals surface area contributed by atoms with Crippen molar-refractivity contribution in [1.82, 2.24) is 0 Å². The molecule has 0 heterocycles. The summed E-state index contributed by atoms with van der Waals surface area (Å²) in [5.74, 6) is 0. The third-order valence-electron chi connectivity index (χ3n) is 9.76. The summed E-state index contributed by atoms with van der Waals surface area (Å²) < 4.78 is 33.5. The number of hydrogen-bond donors (Lipinski definition) is 0. The van der Waals surface area contributed by atoms with Gasteiger partial charge in [0.1, 0.15) is 10.1 Å². The molecule has 1 rings (SSSR count). The maximum Gasteiger partial charge on any atom is 1.00 e. The molecule has 0 aliphatic carbocycles. The second-order valence-electron chi connectivity index (χ2n) is 14.2. The minimum atomic E-state index is -4.35. The van der Waals surface area contributed by atoms with Crippen molar-refractivity contribution in [2.75, 3.05) is 0 Å². The molecule has 5 heteroatoms. The Bertz CT molecular complexity index is 857. The molecule has 0 aromatic heterocycles. The van der Waals surface area contributed by atoms with Crippen molar-refractivity contribution in [2.24, 2.45) is 0 Å². The summed E-state index contributed by atoms with van der Waals surface area (Å²) >= 11 is 0. The first-order valence-corrected chi connectivity index (χ1v) is 21.5. The number of unbranched alkanes of at least 4 members (excludes halogenated alkanes) is 32. The van der Waals surface area contributed by atoms with Gasteiger partial charge in [-0.3, -0.25) is 0 Å². The van der Waals surface area contributed by atoms with Gasteiger partial charge >= 0.3 is 51.4 Å². The van der Waals surface area contributed by atoms with Crippen LogP contribution in [-0.4, -0.2) is 13.0 Å². The van der Waals surface area contributed by atoms with Crippen molar-refractivity contribution >= 4 is 10.1 Å². The van der Waals surface area contributed by atoms with Gasteiger partial charge in [0.15, 0.2) is 0 Å². The Morgan fingerprint density at radius 2 is 0.696 bits per heavy atom. The van der Waals surface area contributed by atoms with E-state index in [1.165, 1.54) is 218 Å². The van der Waals surface area contributed by atoms with E-state index in [4.69, 9.17) is 0 Å². The maximum atomic E-state index is 11.2.